The summed E-state index contributed by atoms with van der Waals surface area (Å²) in [7, 11) is 4.40. The fourth-order valence-corrected chi connectivity index (χ4v) is 3.79. The van der Waals surface area contributed by atoms with Crippen molar-refractivity contribution in [3.63, 3.8) is 0 Å². The van der Waals surface area contributed by atoms with Crippen molar-refractivity contribution in [1.82, 2.24) is 4.57 Å². The van der Waals surface area contributed by atoms with Crippen molar-refractivity contribution in [3.05, 3.63) is 46.5 Å². The maximum atomic E-state index is 13.5. The SMILES string of the molecule is C#CCn1c(=NC(=O)c2cc(OC)c(OC)c(OC)c2)sc2cc(F)ccc21. The van der Waals surface area contributed by atoms with E-state index in [4.69, 9.17) is 20.6 Å². The first kappa shape index (κ1) is 19.5. The summed E-state index contributed by atoms with van der Waals surface area (Å²) >= 11 is 1.18. The fraction of sp³-hybridized carbons (Fsp3) is 0.200. The van der Waals surface area contributed by atoms with Gasteiger partial charge in [0.05, 0.1) is 38.1 Å². The van der Waals surface area contributed by atoms with E-state index in [2.05, 4.69) is 10.9 Å². The largest absolute Gasteiger partial charge is 0.493 e. The molecule has 6 nitrogen and oxygen atoms in total. The third-order valence-electron chi connectivity index (χ3n) is 4.00. The van der Waals surface area contributed by atoms with Gasteiger partial charge in [-0.15, -0.1) is 6.42 Å². The number of carbonyl (C=O) groups is 1. The first-order valence-electron chi connectivity index (χ1n) is 8.13. The van der Waals surface area contributed by atoms with Crippen LogP contribution in [0.15, 0.2) is 35.3 Å². The third-order valence-corrected chi connectivity index (χ3v) is 5.04. The Kier molecular flexibility index (Phi) is 5.66. The van der Waals surface area contributed by atoms with Crippen LogP contribution in [0.5, 0.6) is 17.2 Å². The monoisotopic (exact) mass is 400 g/mol. The highest BCUT2D eigenvalue weighted by molar-refractivity contribution is 7.16. The molecule has 0 saturated heterocycles. The van der Waals surface area contributed by atoms with Crippen LogP contribution in [-0.4, -0.2) is 31.8 Å². The molecule has 144 valence electrons. The van der Waals surface area contributed by atoms with E-state index in [0.717, 1.165) is 0 Å². The Bertz CT molecular complexity index is 1130. The lowest BCUT2D eigenvalue weighted by Crippen LogP contribution is -2.16. The molecule has 1 heterocycles. The summed E-state index contributed by atoms with van der Waals surface area (Å²) in [6.45, 7) is 0.201. The molecule has 0 radical (unpaired) electrons. The van der Waals surface area contributed by atoms with Crippen molar-refractivity contribution < 1.29 is 23.4 Å². The third kappa shape index (κ3) is 3.57. The smallest absolute Gasteiger partial charge is 0.279 e. The van der Waals surface area contributed by atoms with E-state index in [1.54, 1.807) is 10.6 Å². The Morgan fingerprint density at radius 2 is 1.86 bits per heavy atom. The van der Waals surface area contributed by atoms with Gasteiger partial charge in [0.2, 0.25) is 5.75 Å². The molecular formula is C20H17FN2O4S. The van der Waals surface area contributed by atoms with E-state index in [9.17, 15) is 9.18 Å². The number of halogens is 1. The highest BCUT2D eigenvalue weighted by Gasteiger charge is 2.17. The van der Waals surface area contributed by atoms with Crippen molar-refractivity contribution >= 4 is 27.5 Å². The van der Waals surface area contributed by atoms with Crippen LogP contribution < -0.4 is 19.0 Å². The van der Waals surface area contributed by atoms with Gasteiger partial charge < -0.3 is 18.8 Å². The number of thiazole rings is 1. The van der Waals surface area contributed by atoms with E-state index in [1.165, 1.54) is 56.9 Å². The average molecular weight is 400 g/mol. The second-order valence-corrected chi connectivity index (χ2v) is 6.63. The molecule has 1 aromatic heterocycles. The van der Waals surface area contributed by atoms with Crippen LogP contribution in [0.2, 0.25) is 0 Å². The van der Waals surface area contributed by atoms with Gasteiger partial charge in [0.15, 0.2) is 16.3 Å². The van der Waals surface area contributed by atoms with Gasteiger partial charge in [-0.05, 0) is 30.3 Å². The quantitative estimate of drug-likeness (QED) is 0.617. The molecule has 28 heavy (non-hydrogen) atoms. The van der Waals surface area contributed by atoms with Gasteiger partial charge in [0.25, 0.3) is 5.91 Å². The number of aromatic nitrogens is 1. The van der Waals surface area contributed by atoms with Crippen molar-refractivity contribution in [2.75, 3.05) is 21.3 Å². The van der Waals surface area contributed by atoms with Gasteiger partial charge in [0.1, 0.15) is 5.82 Å². The van der Waals surface area contributed by atoms with E-state index >= 15 is 0 Å². The number of ether oxygens (including phenoxy) is 3. The van der Waals surface area contributed by atoms with E-state index in [0.29, 0.717) is 32.3 Å². The Balaban J connectivity index is 2.15. The molecule has 0 aliphatic carbocycles. The summed E-state index contributed by atoms with van der Waals surface area (Å²) in [5, 5.41) is 0. The standard InChI is InChI=1S/C20H17FN2O4S/c1-5-8-23-14-7-6-13(21)11-17(14)28-20(23)22-19(24)12-9-15(25-2)18(27-4)16(10-12)26-3/h1,6-7,9-11H,8H2,2-4H3. The van der Waals surface area contributed by atoms with Crippen molar-refractivity contribution in [2.45, 2.75) is 6.54 Å². The van der Waals surface area contributed by atoms with Gasteiger partial charge in [-0.2, -0.15) is 4.99 Å². The number of methoxy groups -OCH3 is 3. The van der Waals surface area contributed by atoms with Crippen LogP contribution in [0, 0.1) is 18.2 Å². The summed E-state index contributed by atoms with van der Waals surface area (Å²) in [5.41, 5.74) is 0.964. The molecule has 2 aromatic carbocycles. The second-order valence-electron chi connectivity index (χ2n) is 5.62. The molecule has 0 fully saturated rings. The molecule has 3 rings (SSSR count). The maximum Gasteiger partial charge on any atom is 0.279 e. The molecule has 0 saturated carbocycles. The minimum atomic E-state index is -0.517. The second kappa shape index (κ2) is 8.15. The molecular weight excluding hydrogens is 383 g/mol. The average Bonchev–Trinajstić information content (AvgIpc) is 3.02. The number of terminal acetylenes is 1. The van der Waals surface area contributed by atoms with E-state index in [-0.39, 0.29) is 17.9 Å². The molecule has 0 spiro atoms. The zero-order valence-electron chi connectivity index (χ0n) is 15.5. The molecule has 0 aliphatic heterocycles. The van der Waals surface area contributed by atoms with Crippen molar-refractivity contribution in [1.29, 1.82) is 0 Å². The number of benzene rings is 2. The lowest BCUT2D eigenvalue weighted by atomic mass is 10.1. The minimum Gasteiger partial charge on any atom is -0.493 e. The predicted octanol–water partition coefficient (Wildman–Crippen LogP) is 3.24. The van der Waals surface area contributed by atoms with Gasteiger partial charge in [0, 0.05) is 5.56 Å². The van der Waals surface area contributed by atoms with Gasteiger partial charge in [-0.3, -0.25) is 4.79 Å². The topological polar surface area (TPSA) is 62.1 Å². The molecule has 0 atom stereocenters. The first-order chi connectivity index (χ1) is 13.5. The van der Waals surface area contributed by atoms with E-state index < -0.39 is 5.91 Å². The van der Waals surface area contributed by atoms with Crippen LogP contribution in [-0.2, 0) is 6.54 Å². The Hall–Kier alpha value is -3.31. The summed E-state index contributed by atoms with van der Waals surface area (Å²) in [6, 6.07) is 7.38. The zero-order valence-corrected chi connectivity index (χ0v) is 16.3. The van der Waals surface area contributed by atoms with Gasteiger partial charge in [-0.1, -0.05) is 17.3 Å². The lowest BCUT2D eigenvalue weighted by Gasteiger charge is -2.12. The number of amides is 1. The minimum absolute atomic E-state index is 0.201. The van der Waals surface area contributed by atoms with Crippen LogP contribution >= 0.6 is 11.3 Å². The normalized spacial score (nSPS) is 11.3. The van der Waals surface area contributed by atoms with Crippen LogP contribution in [0.25, 0.3) is 10.2 Å². The van der Waals surface area contributed by atoms with Crippen molar-refractivity contribution in [2.24, 2.45) is 4.99 Å². The highest BCUT2D eigenvalue weighted by atomic mass is 32.1. The molecule has 1 amide bonds. The summed E-state index contributed by atoms with van der Waals surface area (Å²) in [6.07, 6.45) is 5.45. The van der Waals surface area contributed by atoms with Gasteiger partial charge in [-0.25, -0.2) is 4.39 Å². The zero-order chi connectivity index (χ0) is 20.3. The Labute approximate surface area is 164 Å². The number of hydrogen-bond acceptors (Lipinski definition) is 5. The number of fused-ring (bicyclic) bond motifs is 1. The summed E-state index contributed by atoms with van der Waals surface area (Å²) in [5.74, 6) is 2.70. The molecule has 8 heteroatoms. The molecule has 0 N–H and O–H groups in total. The predicted molar refractivity (Wildman–Crippen MR) is 105 cm³/mol. The summed E-state index contributed by atoms with van der Waals surface area (Å²) < 4.78 is 31.7. The van der Waals surface area contributed by atoms with E-state index in [1.807, 2.05) is 0 Å². The molecule has 0 unspecified atom stereocenters. The highest BCUT2D eigenvalue weighted by Crippen LogP contribution is 2.38. The fourth-order valence-electron chi connectivity index (χ4n) is 2.73. The lowest BCUT2D eigenvalue weighted by molar-refractivity contribution is 0.0997. The van der Waals surface area contributed by atoms with Crippen molar-refractivity contribution in [3.8, 4) is 29.6 Å². The van der Waals surface area contributed by atoms with Crippen LogP contribution in [0.1, 0.15) is 10.4 Å². The molecule has 0 aliphatic rings. The maximum absolute atomic E-state index is 13.5. The molecule has 0 bridgehead atoms. The summed E-state index contributed by atoms with van der Waals surface area (Å²) in [4.78, 5) is 17.4. The number of nitrogens with zero attached hydrogens (tertiary/aromatic N) is 2. The Morgan fingerprint density at radius 1 is 1.18 bits per heavy atom. The van der Waals surface area contributed by atoms with Gasteiger partial charge >= 0.3 is 0 Å². The Morgan fingerprint density at radius 3 is 2.43 bits per heavy atom. The number of hydrogen-bond donors (Lipinski definition) is 0. The number of rotatable bonds is 5. The molecule has 3 aromatic rings. The first-order valence-corrected chi connectivity index (χ1v) is 8.95. The van der Waals surface area contributed by atoms with Crippen LogP contribution in [0.3, 0.4) is 0 Å². The number of carbonyl (C=O) groups excluding carboxylic acids is 1. The van der Waals surface area contributed by atoms with Crippen LogP contribution in [0.4, 0.5) is 4.39 Å².